The standard InChI is InChI=1S/C22H26N4O7S2/c27-20(28)2-1-3-25-21(29)19(35-22(25)34)13-15-12-18(26(30)31)17(24-6-10-33-11-7-24)14-16(15)23-4-8-32-9-5-23/h12-14H,1-11H2,(H,27,28)/b19-13-. The molecule has 188 valence electrons. The van der Waals surface area contributed by atoms with Crippen molar-refractivity contribution in [1.82, 2.24) is 4.90 Å². The summed E-state index contributed by atoms with van der Waals surface area (Å²) in [6.45, 7) is 4.63. The van der Waals surface area contributed by atoms with Gasteiger partial charge in [0, 0.05) is 56.5 Å². The molecule has 0 saturated carbocycles. The molecule has 0 atom stereocenters. The quantitative estimate of drug-likeness (QED) is 0.234. The fourth-order valence-electron chi connectivity index (χ4n) is 4.20. The molecular weight excluding hydrogens is 496 g/mol. The van der Waals surface area contributed by atoms with Gasteiger partial charge in [-0.1, -0.05) is 24.0 Å². The Morgan fingerprint density at radius 2 is 1.71 bits per heavy atom. The van der Waals surface area contributed by atoms with Gasteiger partial charge in [0.1, 0.15) is 10.0 Å². The molecule has 3 heterocycles. The highest BCUT2D eigenvalue weighted by Gasteiger charge is 2.33. The smallest absolute Gasteiger partial charge is 0.303 e. The number of rotatable bonds is 8. The maximum absolute atomic E-state index is 13.0. The lowest BCUT2D eigenvalue weighted by molar-refractivity contribution is -0.384. The number of nitro benzene ring substituents is 1. The molecule has 0 bridgehead atoms. The summed E-state index contributed by atoms with van der Waals surface area (Å²) in [6, 6.07) is 3.35. The van der Waals surface area contributed by atoms with Gasteiger partial charge in [-0.05, 0) is 18.6 Å². The minimum Gasteiger partial charge on any atom is -0.481 e. The van der Waals surface area contributed by atoms with E-state index in [1.165, 1.54) is 11.0 Å². The van der Waals surface area contributed by atoms with Crippen molar-refractivity contribution in [3.05, 3.63) is 32.7 Å². The maximum atomic E-state index is 13.0. The Bertz CT molecular complexity index is 1050. The van der Waals surface area contributed by atoms with Crippen molar-refractivity contribution in [2.24, 2.45) is 0 Å². The summed E-state index contributed by atoms with van der Waals surface area (Å²) in [5.41, 5.74) is 1.84. The largest absolute Gasteiger partial charge is 0.481 e. The van der Waals surface area contributed by atoms with Crippen LogP contribution in [-0.4, -0.2) is 90.3 Å². The number of nitrogens with zero attached hydrogens (tertiary/aromatic N) is 4. The molecule has 0 aromatic heterocycles. The van der Waals surface area contributed by atoms with Crippen LogP contribution >= 0.6 is 24.0 Å². The second-order valence-electron chi connectivity index (χ2n) is 8.19. The van der Waals surface area contributed by atoms with Gasteiger partial charge in [0.2, 0.25) is 0 Å². The summed E-state index contributed by atoms with van der Waals surface area (Å²) in [5, 5.41) is 20.9. The van der Waals surface area contributed by atoms with Gasteiger partial charge in [-0.2, -0.15) is 0 Å². The second-order valence-corrected chi connectivity index (χ2v) is 9.86. The van der Waals surface area contributed by atoms with Crippen LogP contribution in [0.1, 0.15) is 18.4 Å². The monoisotopic (exact) mass is 522 g/mol. The third kappa shape index (κ3) is 5.92. The number of carboxylic acid groups (broad SMARTS) is 1. The lowest BCUT2D eigenvalue weighted by atomic mass is 10.1. The Kier molecular flexibility index (Phi) is 8.21. The molecule has 1 aromatic carbocycles. The molecule has 3 saturated heterocycles. The van der Waals surface area contributed by atoms with E-state index in [-0.39, 0.29) is 31.0 Å². The number of thiocarbonyl (C=S) groups is 1. The Morgan fingerprint density at radius 3 is 2.29 bits per heavy atom. The number of thioether (sulfide) groups is 1. The van der Waals surface area contributed by atoms with Crippen LogP contribution < -0.4 is 9.80 Å². The van der Waals surface area contributed by atoms with Crippen molar-refractivity contribution < 1.29 is 29.1 Å². The summed E-state index contributed by atoms with van der Waals surface area (Å²) >= 11 is 6.47. The normalized spacial score (nSPS) is 20.1. The van der Waals surface area contributed by atoms with Crippen molar-refractivity contribution in [2.45, 2.75) is 12.8 Å². The lowest BCUT2D eigenvalue weighted by Gasteiger charge is -2.33. The first-order valence-electron chi connectivity index (χ1n) is 11.3. The van der Waals surface area contributed by atoms with Crippen LogP contribution in [0.5, 0.6) is 0 Å². The number of amides is 1. The third-order valence-corrected chi connectivity index (χ3v) is 7.33. The highest BCUT2D eigenvalue weighted by molar-refractivity contribution is 8.26. The fourth-order valence-corrected chi connectivity index (χ4v) is 5.50. The number of carboxylic acids is 1. The summed E-state index contributed by atoms with van der Waals surface area (Å²) in [5.74, 6) is -1.26. The number of aliphatic carboxylic acids is 1. The SMILES string of the molecule is O=C(O)CCCN1C(=O)/C(=C/c2cc([N+](=O)[O-])c(N3CCOCC3)cc2N2CCOCC2)SC1=S. The molecule has 1 amide bonds. The number of anilines is 2. The predicted octanol–water partition coefficient (Wildman–Crippen LogP) is 2.33. The Labute approximate surface area is 211 Å². The number of carbonyl (C=O) groups is 2. The number of benzene rings is 1. The number of hydrogen-bond donors (Lipinski definition) is 1. The fraction of sp³-hybridized carbons (Fsp3) is 0.500. The molecule has 3 fully saturated rings. The van der Waals surface area contributed by atoms with Crippen molar-refractivity contribution >= 4 is 63.3 Å². The van der Waals surface area contributed by atoms with Crippen LogP contribution in [0.15, 0.2) is 17.0 Å². The Morgan fingerprint density at radius 1 is 1.11 bits per heavy atom. The second kappa shape index (κ2) is 11.3. The van der Waals surface area contributed by atoms with Gasteiger partial charge < -0.3 is 24.4 Å². The molecule has 4 rings (SSSR count). The molecule has 13 heteroatoms. The zero-order chi connectivity index (χ0) is 24.9. The lowest BCUT2D eigenvalue weighted by Crippen LogP contribution is -2.38. The molecule has 0 unspecified atom stereocenters. The highest BCUT2D eigenvalue weighted by atomic mass is 32.2. The van der Waals surface area contributed by atoms with Crippen LogP contribution in [0.2, 0.25) is 0 Å². The number of nitro groups is 1. The van der Waals surface area contributed by atoms with Crippen molar-refractivity contribution in [3.63, 3.8) is 0 Å². The van der Waals surface area contributed by atoms with Gasteiger partial charge in [-0.15, -0.1) is 0 Å². The van der Waals surface area contributed by atoms with Crippen molar-refractivity contribution in [1.29, 1.82) is 0 Å². The van der Waals surface area contributed by atoms with Gasteiger partial charge in [-0.25, -0.2) is 0 Å². The zero-order valence-corrected chi connectivity index (χ0v) is 20.6. The van der Waals surface area contributed by atoms with E-state index in [1.807, 2.05) is 11.0 Å². The number of hydrogen-bond acceptors (Lipinski definition) is 10. The number of carbonyl (C=O) groups excluding carboxylic acids is 1. The van der Waals surface area contributed by atoms with E-state index in [0.717, 1.165) is 17.4 Å². The minimum atomic E-state index is -0.936. The molecule has 1 aromatic rings. The molecular formula is C22H26N4O7S2. The van der Waals surface area contributed by atoms with Crippen LogP contribution in [0.3, 0.4) is 0 Å². The van der Waals surface area contributed by atoms with Gasteiger partial charge in [0.05, 0.1) is 36.3 Å². The summed E-state index contributed by atoms with van der Waals surface area (Å²) in [7, 11) is 0. The van der Waals surface area contributed by atoms with Crippen LogP contribution in [0, 0.1) is 10.1 Å². The van der Waals surface area contributed by atoms with Crippen LogP contribution in [0.4, 0.5) is 17.1 Å². The summed E-state index contributed by atoms with van der Waals surface area (Å²) < 4.78 is 11.2. The first kappa shape index (κ1) is 25.4. The van der Waals surface area contributed by atoms with Gasteiger partial charge in [0.25, 0.3) is 11.6 Å². The maximum Gasteiger partial charge on any atom is 0.303 e. The molecule has 35 heavy (non-hydrogen) atoms. The van der Waals surface area contributed by atoms with E-state index < -0.39 is 10.9 Å². The van der Waals surface area contributed by atoms with E-state index >= 15 is 0 Å². The van der Waals surface area contributed by atoms with E-state index in [9.17, 15) is 19.7 Å². The molecule has 0 spiro atoms. The molecule has 3 aliphatic heterocycles. The third-order valence-electron chi connectivity index (χ3n) is 5.96. The Balaban J connectivity index is 1.71. The average molecular weight is 523 g/mol. The topological polar surface area (TPSA) is 126 Å². The van der Waals surface area contributed by atoms with Crippen molar-refractivity contribution in [2.75, 3.05) is 69.0 Å². The van der Waals surface area contributed by atoms with Crippen molar-refractivity contribution in [3.8, 4) is 0 Å². The van der Waals surface area contributed by atoms with E-state index in [4.69, 9.17) is 26.8 Å². The molecule has 0 radical (unpaired) electrons. The van der Waals surface area contributed by atoms with Gasteiger partial charge in [0.15, 0.2) is 0 Å². The highest BCUT2D eigenvalue weighted by Crippen LogP contribution is 2.40. The molecule has 11 nitrogen and oxygen atoms in total. The first-order chi connectivity index (χ1) is 16.8. The number of morpholine rings is 2. The number of ether oxygens (including phenoxy) is 2. The molecule has 0 aliphatic carbocycles. The van der Waals surface area contributed by atoms with Crippen LogP contribution in [0.25, 0.3) is 6.08 Å². The van der Waals surface area contributed by atoms with Crippen LogP contribution in [-0.2, 0) is 19.1 Å². The minimum absolute atomic E-state index is 0.0351. The van der Waals surface area contributed by atoms with E-state index in [2.05, 4.69) is 4.90 Å². The first-order valence-corrected chi connectivity index (χ1v) is 12.5. The van der Waals surface area contributed by atoms with E-state index in [1.54, 1.807) is 6.08 Å². The summed E-state index contributed by atoms with van der Waals surface area (Å²) in [4.78, 5) is 41.3. The van der Waals surface area contributed by atoms with Gasteiger partial charge in [-0.3, -0.25) is 24.6 Å². The average Bonchev–Trinajstić information content (AvgIpc) is 3.12. The summed E-state index contributed by atoms with van der Waals surface area (Å²) in [6.07, 6.45) is 1.87. The Hall–Kier alpha value is -2.74. The van der Waals surface area contributed by atoms with E-state index in [0.29, 0.717) is 73.1 Å². The molecule has 3 aliphatic rings. The van der Waals surface area contributed by atoms with Gasteiger partial charge >= 0.3 is 5.97 Å². The zero-order valence-electron chi connectivity index (χ0n) is 19.0. The molecule has 1 N–H and O–H groups in total. The predicted molar refractivity (Wildman–Crippen MR) is 136 cm³/mol.